The Morgan fingerprint density at radius 2 is 1.85 bits per heavy atom. The molecule has 1 aromatic heterocycles. The number of aromatic nitrogens is 1. The first-order valence-electron chi connectivity index (χ1n) is 8.60. The Hall–Kier alpha value is -3.41. The van der Waals surface area contributed by atoms with Crippen molar-refractivity contribution < 1.29 is 9.76 Å². The molecule has 0 radical (unpaired) electrons. The molecular weight excluding hydrogens is 342 g/mol. The molecule has 3 aromatic rings. The number of non-ortho nitro benzene ring substituents is 1. The lowest BCUT2D eigenvalue weighted by molar-refractivity contribution is -0.384. The summed E-state index contributed by atoms with van der Waals surface area (Å²) in [6, 6.07) is 16.8. The van der Waals surface area contributed by atoms with Crippen molar-refractivity contribution in [3.05, 3.63) is 92.8 Å². The third kappa shape index (κ3) is 4.23. The molecule has 0 N–H and O–H groups in total. The molecule has 0 amide bonds. The number of nitro benzene ring substituents is 1. The zero-order valence-corrected chi connectivity index (χ0v) is 15.5. The molecule has 6 nitrogen and oxygen atoms in total. The van der Waals surface area contributed by atoms with Crippen LogP contribution in [-0.2, 0) is 11.4 Å². The van der Waals surface area contributed by atoms with Gasteiger partial charge in [0.1, 0.15) is 6.61 Å². The van der Waals surface area contributed by atoms with E-state index in [2.05, 4.69) is 47.0 Å². The molecule has 0 spiro atoms. The highest BCUT2D eigenvalue weighted by Gasteiger charge is 2.09. The van der Waals surface area contributed by atoms with Crippen LogP contribution in [0.5, 0.6) is 0 Å². The second-order valence-corrected chi connectivity index (χ2v) is 6.43. The summed E-state index contributed by atoms with van der Waals surface area (Å²) in [7, 11) is 0. The largest absolute Gasteiger partial charge is 0.391 e. The van der Waals surface area contributed by atoms with Crippen LogP contribution in [0.3, 0.4) is 0 Å². The summed E-state index contributed by atoms with van der Waals surface area (Å²) < 4.78 is 2.17. The molecule has 0 unspecified atom stereocenters. The summed E-state index contributed by atoms with van der Waals surface area (Å²) in [6.07, 6.45) is 1.67. The maximum absolute atomic E-state index is 10.8. The fourth-order valence-corrected chi connectivity index (χ4v) is 2.98. The highest BCUT2D eigenvalue weighted by molar-refractivity contribution is 5.81. The molecule has 0 saturated carbocycles. The normalized spacial score (nSPS) is 11.1. The minimum absolute atomic E-state index is 0.0433. The Kier molecular flexibility index (Phi) is 5.35. The molecule has 0 bridgehead atoms. The number of rotatable bonds is 6. The van der Waals surface area contributed by atoms with Gasteiger partial charge in [-0.05, 0) is 44.5 Å². The van der Waals surface area contributed by atoms with Crippen molar-refractivity contribution >= 4 is 11.9 Å². The average molecular weight is 363 g/mol. The predicted molar refractivity (Wildman–Crippen MR) is 105 cm³/mol. The van der Waals surface area contributed by atoms with Crippen LogP contribution in [0.25, 0.3) is 5.69 Å². The Balaban J connectivity index is 1.71. The summed E-state index contributed by atoms with van der Waals surface area (Å²) in [6.45, 7) is 6.33. The molecule has 3 rings (SSSR count). The summed E-state index contributed by atoms with van der Waals surface area (Å²) >= 11 is 0. The van der Waals surface area contributed by atoms with E-state index in [-0.39, 0.29) is 12.3 Å². The Labute approximate surface area is 157 Å². The van der Waals surface area contributed by atoms with Gasteiger partial charge < -0.3 is 9.40 Å². The van der Waals surface area contributed by atoms with Crippen molar-refractivity contribution in [1.29, 1.82) is 0 Å². The van der Waals surface area contributed by atoms with E-state index in [0.717, 1.165) is 22.6 Å². The van der Waals surface area contributed by atoms with E-state index < -0.39 is 4.92 Å². The van der Waals surface area contributed by atoms with Gasteiger partial charge in [0.15, 0.2) is 0 Å². The number of aryl methyl sites for hydroxylation is 2. The fourth-order valence-electron chi connectivity index (χ4n) is 2.98. The highest BCUT2D eigenvalue weighted by atomic mass is 16.6. The van der Waals surface area contributed by atoms with Crippen LogP contribution >= 0.6 is 0 Å². The van der Waals surface area contributed by atoms with Gasteiger partial charge in [-0.1, -0.05) is 35.0 Å². The standard InChI is InChI=1S/C21H21N3O3/c1-15-7-9-20(10-8-15)23-16(2)11-19(17(23)3)13-22-27-14-18-5-4-6-21(12-18)24(25)26/h4-13H,14H2,1-3H3/b22-13+. The van der Waals surface area contributed by atoms with Crippen LogP contribution in [0.1, 0.15) is 28.1 Å². The van der Waals surface area contributed by atoms with Gasteiger partial charge in [0.2, 0.25) is 0 Å². The lowest BCUT2D eigenvalue weighted by Gasteiger charge is -2.09. The highest BCUT2D eigenvalue weighted by Crippen LogP contribution is 2.20. The van der Waals surface area contributed by atoms with Crippen molar-refractivity contribution in [2.45, 2.75) is 27.4 Å². The van der Waals surface area contributed by atoms with Crippen LogP contribution in [0.15, 0.2) is 59.8 Å². The quantitative estimate of drug-likeness (QED) is 0.357. The number of hydrogen-bond acceptors (Lipinski definition) is 4. The van der Waals surface area contributed by atoms with E-state index in [9.17, 15) is 10.1 Å². The molecule has 138 valence electrons. The van der Waals surface area contributed by atoms with Crippen LogP contribution in [0.4, 0.5) is 5.69 Å². The van der Waals surface area contributed by atoms with Gasteiger partial charge in [0, 0.05) is 34.8 Å². The molecule has 2 aromatic carbocycles. The topological polar surface area (TPSA) is 69.7 Å². The average Bonchev–Trinajstić information content (AvgIpc) is 2.93. The Bertz CT molecular complexity index is 988. The van der Waals surface area contributed by atoms with Gasteiger partial charge in [0.05, 0.1) is 11.1 Å². The minimum atomic E-state index is -0.424. The lowest BCUT2D eigenvalue weighted by atomic mass is 10.2. The molecule has 0 saturated heterocycles. The van der Waals surface area contributed by atoms with Gasteiger partial charge in [-0.3, -0.25) is 10.1 Å². The monoisotopic (exact) mass is 363 g/mol. The molecule has 0 aliphatic heterocycles. The van der Waals surface area contributed by atoms with Gasteiger partial charge in [-0.15, -0.1) is 0 Å². The third-order valence-corrected chi connectivity index (χ3v) is 4.38. The first-order valence-corrected chi connectivity index (χ1v) is 8.60. The zero-order valence-electron chi connectivity index (χ0n) is 15.5. The molecule has 6 heteroatoms. The first kappa shape index (κ1) is 18.4. The predicted octanol–water partition coefficient (Wildman–Crippen LogP) is 4.86. The number of nitro groups is 1. The Morgan fingerprint density at radius 1 is 1.11 bits per heavy atom. The third-order valence-electron chi connectivity index (χ3n) is 4.38. The summed E-state index contributed by atoms with van der Waals surface area (Å²) in [5.41, 5.74) is 6.21. The van der Waals surface area contributed by atoms with Gasteiger partial charge in [-0.25, -0.2) is 0 Å². The van der Waals surface area contributed by atoms with E-state index in [4.69, 9.17) is 4.84 Å². The molecule has 0 aliphatic rings. The van der Waals surface area contributed by atoms with Crippen molar-refractivity contribution in [2.75, 3.05) is 0 Å². The van der Waals surface area contributed by atoms with Gasteiger partial charge >= 0.3 is 0 Å². The fraction of sp³-hybridized carbons (Fsp3) is 0.190. The van der Waals surface area contributed by atoms with Gasteiger partial charge in [-0.2, -0.15) is 0 Å². The molecule has 0 atom stereocenters. The van der Waals surface area contributed by atoms with E-state index >= 15 is 0 Å². The van der Waals surface area contributed by atoms with Gasteiger partial charge in [0.25, 0.3) is 5.69 Å². The molecule has 0 aliphatic carbocycles. The summed E-state index contributed by atoms with van der Waals surface area (Å²) in [4.78, 5) is 15.7. The maximum Gasteiger partial charge on any atom is 0.269 e. The zero-order chi connectivity index (χ0) is 19.4. The molecule has 0 fully saturated rings. The summed E-state index contributed by atoms with van der Waals surface area (Å²) in [5.74, 6) is 0. The minimum Gasteiger partial charge on any atom is -0.391 e. The summed E-state index contributed by atoms with van der Waals surface area (Å²) in [5, 5.41) is 14.8. The van der Waals surface area contributed by atoms with E-state index in [0.29, 0.717) is 5.56 Å². The number of nitrogens with zero attached hydrogens (tertiary/aromatic N) is 3. The van der Waals surface area contributed by atoms with E-state index in [1.807, 2.05) is 13.8 Å². The van der Waals surface area contributed by atoms with E-state index in [1.54, 1.807) is 18.3 Å². The number of oxime groups is 1. The van der Waals surface area contributed by atoms with Crippen molar-refractivity contribution in [3.8, 4) is 5.69 Å². The SMILES string of the molecule is Cc1ccc(-n2c(C)cc(/C=N/OCc3cccc([N+](=O)[O-])c3)c2C)cc1. The second-order valence-electron chi connectivity index (χ2n) is 6.43. The lowest BCUT2D eigenvalue weighted by Crippen LogP contribution is -1.99. The van der Waals surface area contributed by atoms with Crippen molar-refractivity contribution in [2.24, 2.45) is 5.16 Å². The second kappa shape index (κ2) is 7.86. The van der Waals surface area contributed by atoms with Crippen LogP contribution in [0, 0.1) is 30.9 Å². The number of benzene rings is 2. The van der Waals surface area contributed by atoms with Crippen molar-refractivity contribution in [3.63, 3.8) is 0 Å². The van der Waals surface area contributed by atoms with Crippen molar-refractivity contribution in [1.82, 2.24) is 4.57 Å². The Morgan fingerprint density at radius 3 is 2.56 bits per heavy atom. The van der Waals surface area contributed by atoms with E-state index in [1.165, 1.54) is 17.7 Å². The van der Waals surface area contributed by atoms with Crippen LogP contribution in [-0.4, -0.2) is 15.7 Å². The van der Waals surface area contributed by atoms with Crippen LogP contribution in [0.2, 0.25) is 0 Å². The smallest absolute Gasteiger partial charge is 0.269 e. The first-order chi connectivity index (χ1) is 13.0. The molecule has 27 heavy (non-hydrogen) atoms. The molecular formula is C21H21N3O3. The molecule has 1 heterocycles. The maximum atomic E-state index is 10.8. The van der Waals surface area contributed by atoms with Crippen LogP contribution < -0.4 is 0 Å². The number of hydrogen-bond donors (Lipinski definition) is 0.